The lowest BCUT2D eigenvalue weighted by Gasteiger charge is -2.32. The molecule has 5 heteroatoms. The fourth-order valence-electron chi connectivity index (χ4n) is 2.68. The Balaban J connectivity index is 2.16. The van der Waals surface area contributed by atoms with Crippen LogP contribution in [0.5, 0.6) is 5.75 Å². The molecule has 0 aliphatic carbocycles. The highest BCUT2D eigenvalue weighted by Crippen LogP contribution is 2.25. The van der Waals surface area contributed by atoms with Crippen molar-refractivity contribution >= 4 is 11.6 Å². The predicted molar refractivity (Wildman–Crippen MR) is 77.9 cm³/mol. The normalized spacial score (nSPS) is 18.9. The number of nitrogens with zero attached hydrogens (tertiary/aromatic N) is 1. The first-order valence-electron chi connectivity index (χ1n) is 6.87. The van der Waals surface area contributed by atoms with Crippen LogP contribution in [0.1, 0.15) is 23.2 Å². The van der Waals surface area contributed by atoms with Crippen LogP contribution in [0.4, 0.5) is 5.69 Å². The van der Waals surface area contributed by atoms with Gasteiger partial charge in [-0.2, -0.15) is 0 Å². The molecule has 1 unspecified atom stereocenters. The zero-order valence-corrected chi connectivity index (χ0v) is 12.1. The fraction of sp³-hybridized carbons (Fsp3) is 0.533. The zero-order chi connectivity index (χ0) is 14.5. The number of likely N-dealkylation sites (tertiary alicyclic amines) is 1. The molecule has 1 saturated heterocycles. The van der Waals surface area contributed by atoms with E-state index in [4.69, 9.17) is 15.2 Å². The number of hydrogen-bond acceptors (Lipinski definition) is 4. The van der Waals surface area contributed by atoms with E-state index in [0.717, 1.165) is 25.9 Å². The van der Waals surface area contributed by atoms with Crippen molar-refractivity contribution in [2.45, 2.75) is 12.8 Å². The molecular weight excluding hydrogens is 256 g/mol. The van der Waals surface area contributed by atoms with Crippen LogP contribution >= 0.6 is 0 Å². The minimum absolute atomic E-state index is 0.0186. The lowest BCUT2D eigenvalue weighted by molar-refractivity contribution is 0.0568. The van der Waals surface area contributed by atoms with Gasteiger partial charge >= 0.3 is 0 Å². The number of nitrogen functional groups attached to an aromatic ring is 1. The van der Waals surface area contributed by atoms with Gasteiger partial charge in [0.05, 0.1) is 19.3 Å². The number of piperidine rings is 1. The summed E-state index contributed by atoms with van der Waals surface area (Å²) in [6, 6.07) is 5.15. The number of methoxy groups -OCH3 is 2. The van der Waals surface area contributed by atoms with Gasteiger partial charge in [-0.05, 0) is 37.0 Å². The Morgan fingerprint density at radius 3 is 2.95 bits per heavy atom. The molecule has 1 aromatic rings. The first-order chi connectivity index (χ1) is 9.65. The third-order valence-corrected chi connectivity index (χ3v) is 3.66. The lowest BCUT2D eigenvalue weighted by Crippen LogP contribution is -2.41. The van der Waals surface area contributed by atoms with Gasteiger partial charge in [0.2, 0.25) is 0 Å². The number of carbonyl (C=O) groups excluding carboxylic acids is 1. The van der Waals surface area contributed by atoms with Crippen molar-refractivity contribution in [3.8, 4) is 5.75 Å². The quantitative estimate of drug-likeness (QED) is 0.853. The van der Waals surface area contributed by atoms with E-state index in [1.165, 1.54) is 0 Å². The van der Waals surface area contributed by atoms with Gasteiger partial charge in [-0.1, -0.05) is 0 Å². The van der Waals surface area contributed by atoms with Gasteiger partial charge in [0.1, 0.15) is 5.75 Å². The summed E-state index contributed by atoms with van der Waals surface area (Å²) in [5, 5.41) is 0. The van der Waals surface area contributed by atoms with E-state index < -0.39 is 0 Å². The Bertz CT molecular complexity index is 474. The van der Waals surface area contributed by atoms with Gasteiger partial charge in [-0.3, -0.25) is 4.79 Å². The average molecular weight is 278 g/mol. The number of benzene rings is 1. The van der Waals surface area contributed by atoms with Crippen molar-refractivity contribution in [1.29, 1.82) is 0 Å². The number of nitrogens with two attached hydrogens (primary N) is 1. The molecule has 0 radical (unpaired) electrons. The van der Waals surface area contributed by atoms with E-state index in [2.05, 4.69) is 0 Å². The van der Waals surface area contributed by atoms with Gasteiger partial charge in [-0.25, -0.2) is 0 Å². The van der Waals surface area contributed by atoms with Crippen LogP contribution in [-0.4, -0.2) is 44.7 Å². The van der Waals surface area contributed by atoms with Gasteiger partial charge in [0.25, 0.3) is 5.91 Å². The second-order valence-electron chi connectivity index (χ2n) is 5.17. The van der Waals surface area contributed by atoms with E-state index in [1.54, 1.807) is 32.4 Å². The van der Waals surface area contributed by atoms with E-state index in [1.807, 2.05) is 4.90 Å². The van der Waals surface area contributed by atoms with Crippen molar-refractivity contribution in [2.24, 2.45) is 5.92 Å². The summed E-state index contributed by atoms with van der Waals surface area (Å²) < 4.78 is 10.5. The van der Waals surface area contributed by atoms with Crippen LogP contribution < -0.4 is 10.5 Å². The minimum Gasteiger partial charge on any atom is -0.496 e. The SMILES string of the molecule is COCC1CCCN(C(=O)c2cc(N)ccc2OC)C1. The lowest BCUT2D eigenvalue weighted by atomic mass is 9.98. The first kappa shape index (κ1) is 14.7. The number of anilines is 1. The molecule has 110 valence electrons. The van der Waals surface area contributed by atoms with E-state index in [9.17, 15) is 4.79 Å². The molecule has 0 aromatic heterocycles. The Kier molecular flexibility index (Phi) is 4.84. The molecule has 1 aliphatic heterocycles. The summed E-state index contributed by atoms with van der Waals surface area (Å²) >= 11 is 0. The standard InChI is InChI=1S/C15H22N2O3/c1-19-10-11-4-3-7-17(9-11)15(18)13-8-12(16)5-6-14(13)20-2/h5-6,8,11H,3-4,7,9-10,16H2,1-2H3. The van der Waals surface area contributed by atoms with Crippen LogP contribution in [0, 0.1) is 5.92 Å². The molecule has 1 aliphatic rings. The summed E-state index contributed by atoms with van der Waals surface area (Å²) in [4.78, 5) is 14.5. The topological polar surface area (TPSA) is 64.8 Å². The third-order valence-electron chi connectivity index (χ3n) is 3.66. The molecular formula is C15H22N2O3. The van der Waals surface area contributed by atoms with Crippen molar-refractivity contribution in [2.75, 3.05) is 39.6 Å². The van der Waals surface area contributed by atoms with Crippen LogP contribution in [-0.2, 0) is 4.74 Å². The number of ether oxygens (including phenoxy) is 2. The van der Waals surface area contributed by atoms with Crippen LogP contribution in [0.2, 0.25) is 0 Å². The molecule has 1 atom stereocenters. The Hall–Kier alpha value is -1.75. The Morgan fingerprint density at radius 1 is 1.45 bits per heavy atom. The monoisotopic (exact) mass is 278 g/mol. The fourth-order valence-corrected chi connectivity index (χ4v) is 2.68. The van der Waals surface area contributed by atoms with E-state index in [-0.39, 0.29) is 5.91 Å². The van der Waals surface area contributed by atoms with Crippen molar-refractivity contribution < 1.29 is 14.3 Å². The molecule has 2 N–H and O–H groups in total. The second-order valence-corrected chi connectivity index (χ2v) is 5.17. The van der Waals surface area contributed by atoms with Crippen LogP contribution in [0.3, 0.4) is 0 Å². The van der Waals surface area contributed by atoms with Crippen molar-refractivity contribution in [1.82, 2.24) is 4.90 Å². The van der Waals surface area contributed by atoms with Crippen molar-refractivity contribution in [3.63, 3.8) is 0 Å². The number of rotatable bonds is 4. The van der Waals surface area contributed by atoms with E-state index in [0.29, 0.717) is 29.5 Å². The van der Waals surface area contributed by atoms with Crippen LogP contribution in [0.25, 0.3) is 0 Å². The molecule has 1 aromatic carbocycles. The highest BCUT2D eigenvalue weighted by molar-refractivity contribution is 5.97. The zero-order valence-electron chi connectivity index (χ0n) is 12.1. The predicted octanol–water partition coefficient (Wildman–Crippen LogP) is 1.78. The Morgan fingerprint density at radius 2 is 2.25 bits per heavy atom. The summed E-state index contributed by atoms with van der Waals surface area (Å²) in [6.45, 7) is 2.19. The third kappa shape index (κ3) is 3.22. The van der Waals surface area contributed by atoms with Crippen LogP contribution in [0.15, 0.2) is 18.2 Å². The maximum Gasteiger partial charge on any atom is 0.257 e. The first-order valence-corrected chi connectivity index (χ1v) is 6.87. The second kappa shape index (κ2) is 6.61. The number of amides is 1. The molecule has 2 rings (SSSR count). The van der Waals surface area contributed by atoms with E-state index >= 15 is 0 Å². The van der Waals surface area contributed by atoms with Gasteiger partial charge in [0.15, 0.2) is 0 Å². The summed E-state index contributed by atoms with van der Waals surface area (Å²) in [5.74, 6) is 0.956. The molecule has 20 heavy (non-hydrogen) atoms. The molecule has 1 fully saturated rings. The molecule has 0 bridgehead atoms. The molecule has 5 nitrogen and oxygen atoms in total. The number of carbonyl (C=O) groups is 1. The summed E-state index contributed by atoms with van der Waals surface area (Å²) in [6.07, 6.45) is 2.11. The van der Waals surface area contributed by atoms with Gasteiger partial charge < -0.3 is 20.1 Å². The minimum atomic E-state index is -0.0186. The maximum absolute atomic E-state index is 12.6. The molecule has 0 saturated carbocycles. The van der Waals surface area contributed by atoms with Gasteiger partial charge in [-0.15, -0.1) is 0 Å². The largest absolute Gasteiger partial charge is 0.496 e. The molecule has 0 spiro atoms. The smallest absolute Gasteiger partial charge is 0.257 e. The molecule has 1 heterocycles. The maximum atomic E-state index is 12.6. The summed E-state index contributed by atoms with van der Waals surface area (Å²) in [7, 11) is 3.26. The number of hydrogen-bond donors (Lipinski definition) is 1. The van der Waals surface area contributed by atoms with Gasteiger partial charge in [0, 0.05) is 25.9 Å². The highest BCUT2D eigenvalue weighted by Gasteiger charge is 2.26. The Labute approximate surface area is 119 Å². The van der Waals surface area contributed by atoms with Crippen molar-refractivity contribution in [3.05, 3.63) is 23.8 Å². The molecule has 1 amide bonds. The summed E-state index contributed by atoms with van der Waals surface area (Å²) in [5.41, 5.74) is 6.88. The highest BCUT2D eigenvalue weighted by atomic mass is 16.5. The average Bonchev–Trinajstić information content (AvgIpc) is 2.47.